The van der Waals surface area contributed by atoms with Crippen molar-refractivity contribution >= 4 is 17.0 Å². The Kier molecular flexibility index (Phi) is 3.65. The zero-order valence-corrected chi connectivity index (χ0v) is 11.8. The topological polar surface area (TPSA) is 84.6 Å². The first kappa shape index (κ1) is 14.0. The van der Waals surface area contributed by atoms with E-state index in [0.717, 1.165) is 18.7 Å². The first-order valence-corrected chi connectivity index (χ1v) is 7.01. The number of benzene rings is 1. The number of carbonyl (C=O) groups is 1. The molecule has 0 spiro atoms. The summed E-state index contributed by atoms with van der Waals surface area (Å²) in [5, 5.41) is 19.4. The van der Waals surface area contributed by atoms with Crippen molar-refractivity contribution in [3.63, 3.8) is 0 Å². The van der Waals surface area contributed by atoms with Gasteiger partial charge in [-0.25, -0.2) is 9.78 Å². The van der Waals surface area contributed by atoms with Crippen molar-refractivity contribution in [2.24, 2.45) is 0 Å². The van der Waals surface area contributed by atoms with Crippen LogP contribution >= 0.6 is 0 Å². The van der Waals surface area contributed by atoms with E-state index in [-0.39, 0.29) is 12.2 Å². The normalized spacial score (nSPS) is 16.3. The quantitative estimate of drug-likeness (QED) is 0.844. The lowest BCUT2D eigenvalue weighted by atomic mass is 10.2. The summed E-state index contributed by atoms with van der Waals surface area (Å²) in [6.07, 6.45) is 1.44. The largest absolute Gasteiger partial charge is 0.478 e. The molecule has 1 aromatic carbocycles. The molecule has 0 amide bonds. The summed E-state index contributed by atoms with van der Waals surface area (Å²) in [4.78, 5) is 16.0. The Morgan fingerprint density at radius 3 is 2.90 bits per heavy atom. The number of rotatable bonds is 6. The molecule has 2 N–H and O–H groups in total. The van der Waals surface area contributed by atoms with Crippen LogP contribution in [0.1, 0.15) is 34.9 Å². The molecule has 2 aromatic rings. The molecular weight excluding hydrogens is 272 g/mol. The van der Waals surface area contributed by atoms with Crippen molar-refractivity contribution in [2.75, 3.05) is 13.7 Å². The summed E-state index contributed by atoms with van der Waals surface area (Å²) in [5.74, 6) is 0.257. The zero-order chi connectivity index (χ0) is 15.0. The first-order chi connectivity index (χ1) is 10.1. The van der Waals surface area contributed by atoms with Crippen LogP contribution in [-0.4, -0.2) is 45.6 Å². The summed E-state index contributed by atoms with van der Waals surface area (Å²) < 4.78 is 6.81. The van der Waals surface area contributed by atoms with Crippen LogP contribution in [0.25, 0.3) is 11.0 Å². The molecule has 1 atom stereocenters. The maximum atomic E-state index is 11.4. The molecule has 1 heterocycles. The molecule has 0 radical (unpaired) electrons. The van der Waals surface area contributed by atoms with Crippen molar-refractivity contribution in [1.82, 2.24) is 9.55 Å². The van der Waals surface area contributed by atoms with Crippen LogP contribution < -0.4 is 0 Å². The number of hydrogen-bond acceptors (Lipinski definition) is 4. The molecule has 1 aliphatic carbocycles. The standard InChI is InChI=1S/C15H18N2O4/c1-21-8-10(18)7-17-13-11(15(19)20)3-2-4-12(13)16-14(17)9-5-6-9/h2-4,9-10,18H,5-8H2,1H3,(H,19,20). The summed E-state index contributed by atoms with van der Waals surface area (Å²) in [6, 6.07) is 5.08. The highest BCUT2D eigenvalue weighted by atomic mass is 16.5. The van der Waals surface area contributed by atoms with Crippen LogP contribution in [-0.2, 0) is 11.3 Å². The number of para-hydroxylation sites is 1. The van der Waals surface area contributed by atoms with Crippen LogP contribution in [0.5, 0.6) is 0 Å². The van der Waals surface area contributed by atoms with Gasteiger partial charge in [0.1, 0.15) is 5.82 Å². The lowest BCUT2D eigenvalue weighted by molar-refractivity contribution is 0.0537. The second-order valence-corrected chi connectivity index (χ2v) is 5.44. The van der Waals surface area contributed by atoms with Crippen molar-refractivity contribution < 1.29 is 19.7 Å². The molecule has 1 fully saturated rings. The highest BCUT2D eigenvalue weighted by molar-refractivity contribution is 6.01. The van der Waals surface area contributed by atoms with Crippen LogP contribution in [0.2, 0.25) is 0 Å². The molecule has 112 valence electrons. The summed E-state index contributed by atoms with van der Waals surface area (Å²) >= 11 is 0. The Balaban J connectivity index is 2.12. The highest BCUT2D eigenvalue weighted by Gasteiger charge is 2.31. The SMILES string of the molecule is COCC(O)Cn1c(C2CC2)nc2cccc(C(=O)O)c21. The minimum absolute atomic E-state index is 0.207. The molecule has 3 rings (SSSR count). The Bertz CT molecular complexity index is 676. The molecule has 21 heavy (non-hydrogen) atoms. The van der Waals surface area contributed by atoms with E-state index >= 15 is 0 Å². The second kappa shape index (κ2) is 5.46. The Labute approximate surface area is 122 Å². The molecule has 1 unspecified atom stereocenters. The fourth-order valence-corrected chi connectivity index (χ4v) is 2.67. The fourth-order valence-electron chi connectivity index (χ4n) is 2.67. The van der Waals surface area contributed by atoms with Gasteiger partial charge in [-0.1, -0.05) is 6.07 Å². The van der Waals surface area contributed by atoms with E-state index in [1.807, 2.05) is 10.6 Å². The van der Waals surface area contributed by atoms with Gasteiger partial charge in [-0.05, 0) is 25.0 Å². The minimum atomic E-state index is -0.981. The van der Waals surface area contributed by atoms with Crippen molar-refractivity contribution in [2.45, 2.75) is 31.4 Å². The van der Waals surface area contributed by atoms with Gasteiger partial charge in [0.25, 0.3) is 0 Å². The fraction of sp³-hybridized carbons (Fsp3) is 0.467. The molecule has 0 saturated heterocycles. The Morgan fingerprint density at radius 1 is 1.52 bits per heavy atom. The number of ether oxygens (including phenoxy) is 1. The number of fused-ring (bicyclic) bond motifs is 1. The van der Waals surface area contributed by atoms with E-state index in [1.54, 1.807) is 12.1 Å². The average molecular weight is 290 g/mol. The molecular formula is C15H18N2O4. The van der Waals surface area contributed by atoms with Crippen LogP contribution in [0, 0.1) is 0 Å². The number of aliphatic hydroxyl groups is 1. The lowest BCUT2D eigenvalue weighted by Gasteiger charge is -2.14. The number of carboxylic acids is 1. The first-order valence-electron chi connectivity index (χ1n) is 7.01. The minimum Gasteiger partial charge on any atom is -0.478 e. The predicted octanol–water partition coefficient (Wildman–Crippen LogP) is 1.62. The van der Waals surface area contributed by atoms with E-state index in [9.17, 15) is 15.0 Å². The van der Waals surface area contributed by atoms with E-state index in [2.05, 4.69) is 4.98 Å². The number of imidazole rings is 1. The van der Waals surface area contributed by atoms with Crippen molar-refractivity contribution in [3.8, 4) is 0 Å². The molecule has 6 heteroatoms. The van der Waals surface area contributed by atoms with Crippen LogP contribution in [0.3, 0.4) is 0 Å². The maximum absolute atomic E-state index is 11.4. The summed E-state index contributed by atoms with van der Waals surface area (Å²) in [5.41, 5.74) is 1.47. The smallest absolute Gasteiger partial charge is 0.337 e. The van der Waals surface area contributed by atoms with Crippen molar-refractivity contribution in [1.29, 1.82) is 0 Å². The average Bonchev–Trinajstić information content (AvgIpc) is 3.22. The molecule has 6 nitrogen and oxygen atoms in total. The van der Waals surface area contributed by atoms with Gasteiger partial charge >= 0.3 is 5.97 Å². The predicted molar refractivity (Wildman–Crippen MR) is 76.6 cm³/mol. The molecule has 1 aliphatic rings. The number of aliphatic hydroxyl groups excluding tert-OH is 1. The molecule has 0 bridgehead atoms. The highest BCUT2D eigenvalue weighted by Crippen LogP contribution is 2.41. The molecule has 1 aromatic heterocycles. The van der Waals surface area contributed by atoms with Gasteiger partial charge in [0.15, 0.2) is 0 Å². The van der Waals surface area contributed by atoms with Crippen LogP contribution in [0.15, 0.2) is 18.2 Å². The van der Waals surface area contributed by atoms with Crippen molar-refractivity contribution in [3.05, 3.63) is 29.6 Å². The molecule has 0 aliphatic heterocycles. The monoisotopic (exact) mass is 290 g/mol. The summed E-state index contributed by atoms with van der Waals surface area (Å²) in [7, 11) is 1.53. The van der Waals surface area contributed by atoms with Gasteiger partial charge in [-0.3, -0.25) is 0 Å². The maximum Gasteiger partial charge on any atom is 0.337 e. The lowest BCUT2D eigenvalue weighted by Crippen LogP contribution is -2.22. The Hall–Kier alpha value is -1.92. The zero-order valence-electron chi connectivity index (χ0n) is 11.8. The number of hydrogen-bond donors (Lipinski definition) is 2. The molecule has 1 saturated carbocycles. The number of carboxylic acid groups (broad SMARTS) is 1. The van der Waals surface area contributed by atoms with E-state index in [0.29, 0.717) is 23.5 Å². The van der Waals surface area contributed by atoms with Crippen LogP contribution in [0.4, 0.5) is 0 Å². The summed E-state index contributed by atoms with van der Waals surface area (Å²) in [6.45, 7) is 0.499. The number of nitrogens with zero attached hydrogens (tertiary/aromatic N) is 2. The van der Waals surface area contributed by atoms with E-state index < -0.39 is 12.1 Å². The van der Waals surface area contributed by atoms with E-state index in [4.69, 9.17) is 4.74 Å². The third-order valence-corrected chi connectivity index (χ3v) is 3.72. The Morgan fingerprint density at radius 2 is 2.29 bits per heavy atom. The van der Waals surface area contributed by atoms with Gasteiger partial charge in [-0.15, -0.1) is 0 Å². The third-order valence-electron chi connectivity index (χ3n) is 3.72. The number of aromatic carboxylic acids is 1. The number of methoxy groups -OCH3 is 1. The van der Waals surface area contributed by atoms with E-state index in [1.165, 1.54) is 7.11 Å². The van der Waals surface area contributed by atoms with Gasteiger partial charge < -0.3 is 19.5 Å². The van der Waals surface area contributed by atoms with Gasteiger partial charge in [0.05, 0.1) is 35.9 Å². The number of aromatic nitrogens is 2. The third kappa shape index (κ3) is 2.64. The van der Waals surface area contributed by atoms with Gasteiger partial charge in [0.2, 0.25) is 0 Å². The second-order valence-electron chi connectivity index (χ2n) is 5.44. The van der Waals surface area contributed by atoms with Gasteiger partial charge in [-0.2, -0.15) is 0 Å². The van der Waals surface area contributed by atoms with Gasteiger partial charge in [0, 0.05) is 13.0 Å².